The van der Waals surface area contributed by atoms with Crippen LogP contribution in [0.3, 0.4) is 0 Å². The molecule has 6 aliphatic rings. The van der Waals surface area contributed by atoms with E-state index in [-0.39, 0.29) is 0 Å². The Kier molecular flexibility index (Phi) is 4.60. The van der Waals surface area contributed by atoms with Gasteiger partial charge in [0.25, 0.3) is 0 Å². The van der Waals surface area contributed by atoms with E-state index >= 15 is 0 Å². The fraction of sp³-hybridized carbons (Fsp3) is 0.652. The third kappa shape index (κ3) is 3.57. The van der Waals surface area contributed by atoms with Crippen LogP contribution in [0.15, 0.2) is 48.1 Å². The van der Waals surface area contributed by atoms with E-state index in [1.54, 1.807) is 5.57 Å². The van der Waals surface area contributed by atoms with Crippen LogP contribution in [0.5, 0.6) is 0 Å². The highest BCUT2D eigenvalue weighted by atomic mass is 14.3. The summed E-state index contributed by atoms with van der Waals surface area (Å²) < 4.78 is 0. The molecular formula is C23H32. The molecule has 3 fully saturated rings. The first-order valence-corrected chi connectivity index (χ1v) is 10.00. The summed E-state index contributed by atoms with van der Waals surface area (Å²) in [6.07, 6.45) is 28.1. The van der Waals surface area contributed by atoms with Crippen molar-refractivity contribution in [3.63, 3.8) is 0 Å². The van der Waals surface area contributed by atoms with E-state index in [1.807, 2.05) is 0 Å². The van der Waals surface area contributed by atoms with Crippen molar-refractivity contribution in [3.8, 4) is 0 Å². The van der Waals surface area contributed by atoms with Gasteiger partial charge in [0.1, 0.15) is 0 Å². The van der Waals surface area contributed by atoms with Crippen LogP contribution in [0.2, 0.25) is 0 Å². The van der Waals surface area contributed by atoms with E-state index in [2.05, 4.69) is 49.5 Å². The van der Waals surface area contributed by atoms with E-state index in [0.29, 0.717) is 0 Å². The third-order valence-corrected chi connectivity index (χ3v) is 6.86. The molecule has 6 bridgehead atoms. The molecule has 6 rings (SSSR count). The lowest BCUT2D eigenvalue weighted by atomic mass is 10.0. The van der Waals surface area contributed by atoms with Crippen molar-refractivity contribution in [1.82, 2.24) is 0 Å². The molecule has 3 saturated carbocycles. The van der Waals surface area contributed by atoms with Crippen molar-refractivity contribution in [1.29, 1.82) is 0 Å². The number of hydrogen-bond acceptors (Lipinski definition) is 0. The van der Waals surface area contributed by atoms with E-state index in [4.69, 9.17) is 0 Å². The number of allylic oxidation sites excluding steroid dienone is 8. The van der Waals surface area contributed by atoms with Gasteiger partial charge in [0.15, 0.2) is 0 Å². The van der Waals surface area contributed by atoms with Crippen LogP contribution >= 0.6 is 0 Å². The molecule has 0 N–H and O–H groups in total. The Labute approximate surface area is 142 Å². The van der Waals surface area contributed by atoms with Gasteiger partial charge in [-0.2, -0.15) is 0 Å². The van der Waals surface area contributed by atoms with Crippen LogP contribution in [0.25, 0.3) is 0 Å². The molecule has 0 aromatic rings. The van der Waals surface area contributed by atoms with Crippen LogP contribution in [0.4, 0.5) is 0 Å². The largest absolute Gasteiger partial charge is 0.0878 e. The molecule has 0 nitrogen and oxygen atoms in total. The van der Waals surface area contributed by atoms with E-state index in [9.17, 15) is 0 Å². The van der Waals surface area contributed by atoms with Crippen molar-refractivity contribution >= 4 is 0 Å². The van der Waals surface area contributed by atoms with Gasteiger partial charge >= 0.3 is 0 Å². The molecule has 0 spiro atoms. The first-order chi connectivity index (χ1) is 11.3. The minimum atomic E-state index is 0.833. The molecule has 6 atom stereocenters. The first kappa shape index (κ1) is 15.5. The second kappa shape index (κ2) is 6.83. The Balaban J connectivity index is 0.0000000891. The van der Waals surface area contributed by atoms with Crippen LogP contribution < -0.4 is 0 Å². The summed E-state index contributed by atoms with van der Waals surface area (Å²) in [6.45, 7) is 2.16. The fourth-order valence-electron chi connectivity index (χ4n) is 5.42. The highest BCUT2D eigenvalue weighted by molar-refractivity contribution is 5.26. The van der Waals surface area contributed by atoms with E-state index < -0.39 is 0 Å². The minimum Gasteiger partial charge on any atom is -0.0878 e. The smallest absolute Gasteiger partial charge is 0.00174 e. The maximum absolute atomic E-state index is 2.38. The minimum absolute atomic E-state index is 0.833. The molecule has 124 valence electrons. The molecule has 6 unspecified atom stereocenters. The molecule has 0 aromatic carbocycles. The van der Waals surface area contributed by atoms with Crippen molar-refractivity contribution in [2.45, 2.75) is 58.3 Å². The van der Waals surface area contributed by atoms with Gasteiger partial charge in [-0.25, -0.2) is 0 Å². The van der Waals surface area contributed by atoms with E-state index in [0.717, 1.165) is 35.5 Å². The summed E-state index contributed by atoms with van der Waals surface area (Å²) in [6, 6.07) is 0. The zero-order chi connectivity index (χ0) is 15.6. The summed E-state index contributed by atoms with van der Waals surface area (Å²) in [5, 5.41) is 0. The molecule has 0 aromatic heterocycles. The molecule has 0 amide bonds. The molecule has 0 radical (unpaired) electrons. The molecule has 0 heteroatoms. The zero-order valence-corrected chi connectivity index (χ0v) is 14.7. The highest BCUT2D eigenvalue weighted by Gasteiger charge is 2.29. The SMILES string of the molecule is C1=CC2CCC1C2.C1=CC2CCC1C2.CC=C1CC2C=CC1C2. The number of hydrogen-bond donors (Lipinski definition) is 0. The number of rotatable bonds is 0. The molecule has 0 aliphatic heterocycles. The highest BCUT2D eigenvalue weighted by Crippen LogP contribution is 2.42. The first-order valence-electron chi connectivity index (χ1n) is 10.00. The Bertz CT molecular complexity index is 480. The quantitative estimate of drug-likeness (QED) is 0.450. The Morgan fingerprint density at radius 1 is 0.652 bits per heavy atom. The van der Waals surface area contributed by atoms with Gasteiger partial charge in [0.05, 0.1) is 0 Å². The van der Waals surface area contributed by atoms with Gasteiger partial charge in [0, 0.05) is 0 Å². The molecule has 23 heavy (non-hydrogen) atoms. The van der Waals surface area contributed by atoms with Gasteiger partial charge in [-0.15, -0.1) is 0 Å². The zero-order valence-electron chi connectivity index (χ0n) is 14.7. The monoisotopic (exact) mass is 308 g/mol. The predicted molar refractivity (Wildman–Crippen MR) is 99.1 cm³/mol. The van der Waals surface area contributed by atoms with Gasteiger partial charge in [-0.05, 0) is 93.8 Å². The Morgan fingerprint density at radius 2 is 1.13 bits per heavy atom. The van der Waals surface area contributed by atoms with Crippen LogP contribution in [-0.2, 0) is 0 Å². The predicted octanol–water partition coefficient (Wildman–Crippen LogP) is 6.47. The molecule has 6 aliphatic carbocycles. The number of fused-ring (bicyclic) bond motifs is 6. The summed E-state index contributed by atoms with van der Waals surface area (Å²) in [4.78, 5) is 0. The maximum atomic E-state index is 2.38. The average molecular weight is 309 g/mol. The average Bonchev–Trinajstić information content (AvgIpc) is 3.44. The van der Waals surface area contributed by atoms with Crippen molar-refractivity contribution in [3.05, 3.63) is 48.1 Å². The van der Waals surface area contributed by atoms with Gasteiger partial charge in [-0.3, -0.25) is 0 Å². The molecule has 0 heterocycles. The standard InChI is InChI=1S/C9H12.2C7H10/c1-2-8-5-7-3-4-9(8)6-7;2*1-2-7-4-3-6(1)5-7/h2-4,7,9H,5-6H2,1H3;2*1-2,6-7H,3-5H2. The lowest BCUT2D eigenvalue weighted by Crippen LogP contribution is -1.90. The summed E-state index contributed by atoms with van der Waals surface area (Å²) in [7, 11) is 0. The lowest BCUT2D eigenvalue weighted by Gasteiger charge is -2.05. The summed E-state index contributed by atoms with van der Waals surface area (Å²) in [5.41, 5.74) is 1.67. The second-order valence-corrected chi connectivity index (χ2v) is 8.49. The second-order valence-electron chi connectivity index (χ2n) is 8.49. The van der Waals surface area contributed by atoms with Crippen molar-refractivity contribution < 1.29 is 0 Å². The maximum Gasteiger partial charge on any atom is -0.00174 e. The van der Waals surface area contributed by atoms with Gasteiger partial charge in [-0.1, -0.05) is 48.1 Å². The Morgan fingerprint density at radius 3 is 1.30 bits per heavy atom. The Hall–Kier alpha value is -1.04. The lowest BCUT2D eigenvalue weighted by molar-refractivity contribution is 0.691. The molecule has 0 saturated heterocycles. The normalized spacial score (nSPS) is 44.7. The van der Waals surface area contributed by atoms with Crippen molar-refractivity contribution in [2.24, 2.45) is 35.5 Å². The van der Waals surface area contributed by atoms with Crippen LogP contribution in [0, 0.1) is 35.5 Å². The third-order valence-electron chi connectivity index (χ3n) is 6.86. The van der Waals surface area contributed by atoms with Crippen LogP contribution in [-0.4, -0.2) is 0 Å². The van der Waals surface area contributed by atoms with Crippen molar-refractivity contribution in [2.75, 3.05) is 0 Å². The van der Waals surface area contributed by atoms with Gasteiger partial charge < -0.3 is 0 Å². The fourth-order valence-corrected chi connectivity index (χ4v) is 5.42. The topological polar surface area (TPSA) is 0 Å². The van der Waals surface area contributed by atoms with E-state index in [1.165, 1.54) is 51.4 Å². The summed E-state index contributed by atoms with van der Waals surface area (Å²) in [5.74, 6) is 5.70. The molecular weight excluding hydrogens is 276 g/mol. The van der Waals surface area contributed by atoms with Gasteiger partial charge in [0.2, 0.25) is 0 Å². The summed E-state index contributed by atoms with van der Waals surface area (Å²) >= 11 is 0. The van der Waals surface area contributed by atoms with Crippen LogP contribution in [0.1, 0.15) is 58.3 Å².